The molecule has 96 valence electrons. The number of nitrogens with zero attached hydrogens (tertiary/aromatic N) is 1. The highest BCUT2D eigenvalue weighted by molar-refractivity contribution is 5.70. The van der Waals surface area contributed by atoms with E-state index in [2.05, 4.69) is 18.7 Å². The highest BCUT2D eigenvalue weighted by atomic mass is 19.1. The van der Waals surface area contributed by atoms with E-state index in [0.717, 1.165) is 12.2 Å². The average molecular weight is 240 g/mol. The zero-order valence-corrected chi connectivity index (χ0v) is 11.0. The number of nitrogens with two attached hydrogens (primary N) is 1. The molecule has 1 aromatic carbocycles. The van der Waals surface area contributed by atoms with Gasteiger partial charge in [0.2, 0.25) is 0 Å². The van der Waals surface area contributed by atoms with E-state index < -0.39 is 5.82 Å². The lowest BCUT2D eigenvalue weighted by molar-refractivity contribution is 0.321. The molecule has 0 spiro atoms. The molecule has 0 saturated carbocycles. The summed E-state index contributed by atoms with van der Waals surface area (Å²) in [6.45, 7) is 9.28. The number of ether oxygens (including phenoxy) is 1. The molecule has 2 N–H and O–H groups in total. The van der Waals surface area contributed by atoms with Crippen LogP contribution in [-0.4, -0.2) is 19.2 Å². The largest absolute Gasteiger partial charge is 0.491 e. The highest BCUT2D eigenvalue weighted by Crippen LogP contribution is 2.32. The van der Waals surface area contributed by atoms with E-state index in [4.69, 9.17) is 10.5 Å². The Morgan fingerprint density at radius 1 is 1.35 bits per heavy atom. The molecule has 0 aromatic heterocycles. The molecule has 0 unspecified atom stereocenters. The van der Waals surface area contributed by atoms with Crippen LogP contribution in [0.15, 0.2) is 12.1 Å². The van der Waals surface area contributed by atoms with Gasteiger partial charge in [-0.1, -0.05) is 0 Å². The SMILES string of the molecule is CCOc1cc(N(CC)C(C)C)c(N)cc1F. The summed E-state index contributed by atoms with van der Waals surface area (Å²) in [7, 11) is 0. The van der Waals surface area contributed by atoms with Crippen molar-refractivity contribution in [1.82, 2.24) is 0 Å². The van der Waals surface area contributed by atoms with Gasteiger partial charge >= 0.3 is 0 Å². The van der Waals surface area contributed by atoms with Crippen LogP contribution in [0.2, 0.25) is 0 Å². The van der Waals surface area contributed by atoms with Crippen LogP contribution in [0.25, 0.3) is 0 Å². The van der Waals surface area contributed by atoms with Crippen LogP contribution < -0.4 is 15.4 Å². The van der Waals surface area contributed by atoms with Crippen LogP contribution in [0.4, 0.5) is 15.8 Å². The molecule has 0 fully saturated rings. The van der Waals surface area contributed by atoms with Gasteiger partial charge in [0.05, 0.1) is 18.0 Å². The molecular formula is C13H21FN2O. The zero-order chi connectivity index (χ0) is 13.0. The van der Waals surface area contributed by atoms with Crippen LogP contribution in [0, 0.1) is 5.82 Å². The standard InChI is InChI=1S/C13H21FN2O/c1-5-16(9(3)4)12-8-13(17-6-2)10(14)7-11(12)15/h7-9H,5-6,15H2,1-4H3. The predicted octanol–water partition coefficient (Wildman–Crippen LogP) is 3.04. The van der Waals surface area contributed by atoms with Crippen molar-refractivity contribution in [1.29, 1.82) is 0 Å². The number of hydrogen-bond acceptors (Lipinski definition) is 3. The van der Waals surface area contributed by atoms with Crippen molar-refractivity contribution >= 4 is 11.4 Å². The topological polar surface area (TPSA) is 38.5 Å². The van der Waals surface area contributed by atoms with E-state index in [1.807, 2.05) is 13.8 Å². The average Bonchev–Trinajstić information content (AvgIpc) is 2.25. The Kier molecular flexibility index (Phi) is 4.61. The maximum Gasteiger partial charge on any atom is 0.167 e. The Morgan fingerprint density at radius 2 is 2.00 bits per heavy atom. The minimum absolute atomic E-state index is 0.260. The number of rotatable bonds is 5. The summed E-state index contributed by atoms with van der Waals surface area (Å²) in [4.78, 5) is 2.11. The zero-order valence-electron chi connectivity index (χ0n) is 11.0. The first-order chi connectivity index (χ1) is 8.01. The summed E-state index contributed by atoms with van der Waals surface area (Å²) in [6.07, 6.45) is 0. The molecule has 0 radical (unpaired) electrons. The second-order valence-corrected chi connectivity index (χ2v) is 4.15. The lowest BCUT2D eigenvalue weighted by atomic mass is 10.2. The fourth-order valence-electron chi connectivity index (χ4n) is 1.89. The smallest absolute Gasteiger partial charge is 0.167 e. The van der Waals surface area contributed by atoms with Gasteiger partial charge in [-0.2, -0.15) is 0 Å². The minimum Gasteiger partial charge on any atom is -0.491 e. The molecule has 1 aromatic rings. The third-order valence-electron chi connectivity index (χ3n) is 2.65. The van der Waals surface area contributed by atoms with E-state index in [1.54, 1.807) is 6.07 Å². The van der Waals surface area contributed by atoms with Crippen LogP contribution in [-0.2, 0) is 0 Å². The second-order valence-electron chi connectivity index (χ2n) is 4.15. The van der Waals surface area contributed by atoms with Gasteiger partial charge in [0.25, 0.3) is 0 Å². The van der Waals surface area contributed by atoms with E-state index in [0.29, 0.717) is 18.3 Å². The monoisotopic (exact) mass is 240 g/mol. The molecule has 17 heavy (non-hydrogen) atoms. The first-order valence-electron chi connectivity index (χ1n) is 5.99. The van der Waals surface area contributed by atoms with E-state index in [-0.39, 0.29) is 5.75 Å². The number of halogens is 1. The van der Waals surface area contributed by atoms with Gasteiger partial charge in [0.15, 0.2) is 11.6 Å². The number of benzene rings is 1. The van der Waals surface area contributed by atoms with Crippen LogP contribution in [0.1, 0.15) is 27.7 Å². The lowest BCUT2D eigenvalue weighted by Gasteiger charge is -2.29. The molecule has 0 bridgehead atoms. The van der Waals surface area contributed by atoms with Gasteiger partial charge in [-0.3, -0.25) is 0 Å². The quantitative estimate of drug-likeness (QED) is 0.804. The van der Waals surface area contributed by atoms with Gasteiger partial charge in [-0.15, -0.1) is 0 Å². The third-order valence-corrected chi connectivity index (χ3v) is 2.65. The van der Waals surface area contributed by atoms with Crippen molar-refractivity contribution in [3.8, 4) is 5.75 Å². The van der Waals surface area contributed by atoms with Gasteiger partial charge in [0, 0.05) is 24.7 Å². The number of anilines is 2. The fraction of sp³-hybridized carbons (Fsp3) is 0.538. The normalized spacial score (nSPS) is 10.7. The molecule has 1 rings (SSSR count). The second kappa shape index (κ2) is 5.75. The molecule has 0 atom stereocenters. The van der Waals surface area contributed by atoms with Crippen LogP contribution in [0.3, 0.4) is 0 Å². The fourth-order valence-corrected chi connectivity index (χ4v) is 1.89. The Hall–Kier alpha value is -1.45. The number of nitrogen functional groups attached to an aromatic ring is 1. The molecule has 0 heterocycles. The first-order valence-corrected chi connectivity index (χ1v) is 5.99. The van der Waals surface area contributed by atoms with E-state index in [9.17, 15) is 4.39 Å². The van der Waals surface area contributed by atoms with Gasteiger partial charge < -0.3 is 15.4 Å². The highest BCUT2D eigenvalue weighted by Gasteiger charge is 2.15. The van der Waals surface area contributed by atoms with Crippen molar-refractivity contribution < 1.29 is 9.13 Å². The maximum absolute atomic E-state index is 13.6. The van der Waals surface area contributed by atoms with Crippen LogP contribution >= 0.6 is 0 Å². The molecule has 0 aliphatic carbocycles. The minimum atomic E-state index is -0.409. The molecule has 3 nitrogen and oxygen atoms in total. The molecule has 4 heteroatoms. The summed E-state index contributed by atoms with van der Waals surface area (Å²) in [6, 6.07) is 3.31. The molecule has 0 aliphatic rings. The van der Waals surface area contributed by atoms with Crippen LogP contribution in [0.5, 0.6) is 5.75 Å². The summed E-state index contributed by atoms with van der Waals surface area (Å²) in [5, 5.41) is 0. The summed E-state index contributed by atoms with van der Waals surface area (Å²) >= 11 is 0. The molecule has 0 saturated heterocycles. The van der Waals surface area contributed by atoms with Gasteiger partial charge in [-0.05, 0) is 27.7 Å². The van der Waals surface area contributed by atoms with E-state index >= 15 is 0 Å². The summed E-state index contributed by atoms with van der Waals surface area (Å²) < 4.78 is 18.8. The Balaban J connectivity index is 3.18. The van der Waals surface area contributed by atoms with E-state index in [1.165, 1.54) is 6.07 Å². The summed E-state index contributed by atoms with van der Waals surface area (Å²) in [5.74, 6) is -0.149. The Labute approximate surface area is 102 Å². The predicted molar refractivity (Wildman–Crippen MR) is 70.1 cm³/mol. The van der Waals surface area contributed by atoms with Crippen molar-refractivity contribution in [3.63, 3.8) is 0 Å². The summed E-state index contributed by atoms with van der Waals surface area (Å²) in [5.41, 5.74) is 7.14. The Bertz CT molecular complexity index is 380. The van der Waals surface area contributed by atoms with Crippen molar-refractivity contribution in [2.75, 3.05) is 23.8 Å². The molecule has 0 aliphatic heterocycles. The number of hydrogen-bond donors (Lipinski definition) is 1. The lowest BCUT2D eigenvalue weighted by Crippen LogP contribution is -2.31. The maximum atomic E-state index is 13.6. The molecular weight excluding hydrogens is 219 g/mol. The molecule has 0 amide bonds. The van der Waals surface area contributed by atoms with Crippen molar-refractivity contribution in [2.24, 2.45) is 0 Å². The van der Waals surface area contributed by atoms with Gasteiger partial charge in [0.1, 0.15) is 0 Å². The first kappa shape index (κ1) is 13.6. The Morgan fingerprint density at radius 3 is 2.47 bits per heavy atom. The van der Waals surface area contributed by atoms with Crippen molar-refractivity contribution in [2.45, 2.75) is 33.7 Å². The van der Waals surface area contributed by atoms with Crippen molar-refractivity contribution in [3.05, 3.63) is 17.9 Å². The van der Waals surface area contributed by atoms with Gasteiger partial charge in [-0.25, -0.2) is 4.39 Å². The third kappa shape index (κ3) is 3.02.